The average Bonchev–Trinajstić information content (AvgIpc) is 2.70. The van der Waals surface area contributed by atoms with Gasteiger partial charge in [-0.25, -0.2) is 0 Å². The van der Waals surface area contributed by atoms with Crippen molar-refractivity contribution in [3.8, 4) is 0 Å². The first-order valence-corrected chi connectivity index (χ1v) is 6.18. The van der Waals surface area contributed by atoms with Crippen LogP contribution in [0.5, 0.6) is 0 Å². The SMILES string of the molecule is CCCCOC(=O)CN(C)CC1CCCO1. The first-order valence-electron chi connectivity index (χ1n) is 6.18. The predicted molar refractivity (Wildman–Crippen MR) is 62.3 cm³/mol. The Morgan fingerprint density at radius 3 is 3.00 bits per heavy atom. The number of nitrogens with zero attached hydrogens (tertiary/aromatic N) is 1. The third kappa shape index (κ3) is 5.47. The number of esters is 1. The molecule has 0 bridgehead atoms. The molecule has 1 atom stereocenters. The van der Waals surface area contributed by atoms with Crippen LogP contribution in [0.15, 0.2) is 0 Å². The van der Waals surface area contributed by atoms with Gasteiger partial charge in [-0.15, -0.1) is 0 Å². The van der Waals surface area contributed by atoms with Gasteiger partial charge < -0.3 is 9.47 Å². The fraction of sp³-hybridized carbons (Fsp3) is 0.917. The smallest absolute Gasteiger partial charge is 0.320 e. The van der Waals surface area contributed by atoms with E-state index in [1.165, 1.54) is 0 Å². The number of unbranched alkanes of at least 4 members (excludes halogenated alkanes) is 1. The minimum Gasteiger partial charge on any atom is -0.465 e. The molecule has 0 aromatic rings. The number of carbonyl (C=O) groups is 1. The summed E-state index contributed by atoms with van der Waals surface area (Å²) >= 11 is 0. The molecule has 16 heavy (non-hydrogen) atoms. The van der Waals surface area contributed by atoms with Crippen LogP contribution in [0.1, 0.15) is 32.6 Å². The van der Waals surface area contributed by atoms with Gasteiger partial charge in [0.05, 0.1) is 19.3 Å². The molecule has 0 aromatic heterocycles. The van der Waals surface area contributed by atoms with Crippen molar-refractivity contribution in [1.29, 1.82) is 0 Å². The van der Waals surface area contributed by atoms with Crippen molar-refractivity contribution in [2.45, 2.75) is 38.7 Å². The summed E-state index contributed by atoms with van der Waals surface area (Å²) in [5, 5.41) is 0. The van der Waals surface area contributed by atoms with E-state index in [1.807, 2.05) is 11.9 Å². The maximum atomic E-state index is 11.4. The highest BCUT2D eigenvalue weighted by molar-refractivity contribution is 5.71. The zero-order valence-electron chi connectivity index (χ0n) is 10.4. The molecule has 1 rings (SSSR count). The van der Waals surface area contributed by atoms with E-state index in [9.17, 15) is 4.79 Å². The Morgan fingerprint density at radius 2 is 2.38 bits per heavy atom. The zero-order chi connectivity index (χ0) is 11.8. The van der Waals surface area contributed by atoms with Crippen LogP contribution in [0.3, 0.4) is 0 Å². The quantitative estimate of drug-likeness (QED) is 0.489. The predicted octanol–water partition coefficient (Wildman–Crippen LogP) is 1.44. The maximum absolute atomic E-state index is 11.4. The van der Waals surface area contributed by atoms with Crippen LogP contribution < -0.4 is 0 Å². The summed E-state index contributed by atoms with van der Waals surface area (Å²) in [7, 11) is 1.93. The monoisotopic (exact) mass is 229 g/mol. The molecular weight excluding hydrogens is 206 g/mol. The third-order valence-electron chi connectivity index (χ3n) is 2.70. The van der Waals surface area contributed by atoms with Gasteiger partial charge in [-0.1, -0.05) is 13.3 Å². The van der Waals surface area contributed by atoms with E-state index in [1.54, 1.807) is 0 Å². The van der Waals surface area contributed by atoms with Gasteiger partial charge in [0, 0.05) is 13.2 Å². The standard InChI is InChI=1S/C12H23NO3/c1-3-4-7-16-12(14)10-13(2)9-11-6-5-8-15-11/h11H,3-10H2,1-2H3. The molecule has 0 N–H and O–H groups in total. The molecule has 0 saturated carbocycles. The lowest BCUT2D eigenvalue weighted by Crippen LogP contribution is -2.33. The summed E-state index contributed by atoms with van der Waals surface area (Å²) < 4.78 is 10.6. The first kappa shape index (κ1) is 13.5. The fourth-order valence-electron chi connectivity index (χ4n) is 1.80. The van der Waals surface area contributed by atoms with Crippen molar-refractivity contribution in [2.24, 2.45) is 0 Å². The number of rotatable bonds is 7. The van der Waals surface area contributed by atoms with Crippen LogP contribution in [-0.4, -0.2) is 50.3 Å². The molecule has 0 amide bonds. The number of ether oxygens (including phenoxy) is 2. The molecule has 4 heteroatoms. The Morgan fingerprint density at radius 1 is 1.56 bits per heavy atom. The number of hydrogen-bond donors (Lipinski definition) is 0. The summed E-state index contributed by atoms with van der Waals surface area (Å²) in [5.41, 5.74) is 0. The highest BCUT2D eigenvalue weighted by atomic mass is 16.5. The summed E-state index contributed by atoms with van der Waals surface area (Å²) in [6.07, 6.45) is 4.54. The second kappa shape index (κ2) is 7.63. The summed E-state index contributed by atoms with van der Waals surface area (Å²) in [5.74, 6) is -0.131. The molecule has 1 unspecified atom stereocenters. The Bertz CT molecular complexity index is 202. The Balaban J connectivity index is 2.07. The van der Waals surface area contributed by atoms with E-state index in [2.05, 4.69) is 6.92 Å². The minimum absolute atomic E-state index is 0.131. The van der Waals surface area contributed by atoms with Crippen LogP contribution in [-0.2, 0) is 14.3 Å². The van der Waals surface area contributed by atoms with Crippen molar-refractivity contribution >= 4 is 5.97 Å². The van der Waals surface area contributed by atoms with Gasteiger partial charge in [-0.05, 0) is 26.3 Å². The minimum atomic E-state index is -0.131. The number of hydrogen-bond acceptors (Lipinski definition) is 4. The van der Waals surface area contributed by atoms with Crippen molar-refractivity contribution in [3.63, 3.8) is 0 Å². The Hall–Kier alpha value is -0.610. The van der Waals surface area contributed by atoms with E-state index < -0.39 is 0 Å². The van der Waals surface area contributed by atoms with E-state index in [0.29, 0.717) is 19.3 Å². The van der Waals surface area contributed by atoms with Gasteiger partial charge in [0.25, 0.3) is 0 Å². The zero-order valence-corrected chi connectivity index (χ0v) is 10.4. The van der Waals surface area contributed by atoms with Crippen molar-refractivity contribution in [3.05, 3.63) is 0 Å². The topological polar surface area (TPSA) is 38.8 Å². The lowest BCUT2D eigenvalue weighted by molar-refractivity contribution is -0.145. The van der Waals surface area contributed by atoms with Crippen LogP contribution >= 0.6 is 0 Å². The van der Waals surface area contributed by atoms with E-state index >= 15 is 0 Å². The molecule has 0 aromatic carbocycles. The third-order valence-corrected chi connectivity index (χ3v) is 2.70. The largest absolute Gasteiger partial charge is 0.465 e. The Labute approximate surface area is 97.9 Å². The van der Waals surface area contributed by atoms with Gasteiger partial charge in [0.15, 0.2) is 0 Å². The molecule has 1 aliphatic rings. The van der Waals surface area contributed by atoms with Gasteiger partial charge in [0.2, 0.25) is 0 Å². The molecular formula is C12H23NO3. The molecule has 1 heterocycles. The molecule has 4 nitrogen and oxygen atoms in total. The molecule has 1 saturated heterocycles. The second-order valence-corrected chi connectivity index (χ2v) is 4.41. The number of carbonyl (C=O) groups excluding carboxylic acids is 1. The maximum Gasteiger partial charge on any atom is 0.320 e. The summed E-state index contributed by atoms with van der Waals surface area (Å²) in [6.45, 7) is 4.67. The van der Waals surface area contributed by atoms with Gasteiger partial charge in [-0.3, -0.25) is 9.69 Å². The lowest BCUT2D eigenvalue weighted by atomic mass is 10.2. The summed E-state index contributed by atoms with van der Waals surface area (Å²) in [4.78, 5) is 13.4. The second-order valence-electron chi connectivity index (χ2n) is 4.41. The molecule has 0 radical (unpaired) electrons. The number of likely N-dealkylation sites (N-methyl/N-ethyl adjacent to an activating group) is 1. The highest BCUT2D eigenvalue weighted by Gasteiger charge is 2.18. The van der Waals surface area contributed by atoms with E-state index in [-0.39, 0.29) is 5.97 Å². The molecule has 0 spiro atoms. The van der Waals surface area contributed by atoms with Crippen LogP contribution in [0, 0.1) is 0 Å². The van der Waals surface area contributed by atoms with Gasteiger partial charge in [0.1, 0.15) is 0 Å². The van der Waals surface area contributed by atoms with Crippen LogP contribution in [0.2, 0.25) is 0 Å². The van der Waals surface area contributed by atoms with Gasteiger partial charge in [-0.2, -0.15) is 0 Å². The van der Waals surface area contributed by atoms with Crippen LogP contribution in [0.25, 0.3) is 0 Å². The highest BCUT2D eigenvalue weighted by Crippen LogP contribution is 2.12. The van der Waals surface area contributed by atoms with E-state index in [4.69, 9.17) is 9.47 Å². The van der Waals surface area contributed by atoms with Crippen molar-refractivity contribution < 1.29 is 14.3 Å². The molecule has 1 fully saturated rings. The normalized spacial score (nSPS) is 20.3. The molecule has 0 aliphatic carbocycles. The lowest BCUT2D eigenvalue weighted by Gasteiger charge is -2.19. The first-order chi connectivity index (χ1) is 7.72. The molecule has 1 aliphatic heterocycles. The molecule has 94 valence electrons. The summed E-state index contributed by atoms with van der Waals surface area (Å²) in [6, 6.07) is 0. The van der Waals surface area contributed by atoms with E-state index in [0.717, 1.165) is 38.8 Å². The van der Waals surface area contributed by atoms with Gasteiger partial charge >= 0.3 is 5.97 Å². The van der Waals surface area contributed by atoms with Crippen molar-refractivity contribution in [2.75, 3.05) is 33.4 Å². The van der Waals surface area contributed by atoms with Crippen molar-refractivity contribution in [1.82, 2.24) is 4.90 Å². The fourth-order valence-corrected chi connectivity index (χ4v) is 1.80. The van der Waals surface area contributed by atoms with Crippen LogP contribution in [0.4, 0.5) is 0 Å². The Kier molecular flexibility index (Phi) is 6.42. The average molecular weight is 229 g/mol.